The monoisotopic (exact) mass is 387 g/mol. The zero-order valence-corrected chi connectivity index (χ0v) is 14.7. The highest BCUT2D eigenvalue weighted by atomic mass is 79.9. The Morgan fingerprint density at radius 3 is 2.62 bits per heavy atom. The van der Waals surface area contributed by atoms with Crippen LogP contribution in [0.5, 0.6) is 0 Å². The maximum Gasteiger partial charge on any atom is 0.335 e. The second kappa shape index (κ2) is 7.18. The molecule has 0 aliphatic carbocycles. The molecule has 1 saturated heterocycles. The summed E-state index contributed by atoms with van der Waals surface area (Å²) in [5.74, 6) is -0.929. The first kappa shape index (κ1) is 16.7. The summed E-state index contributed by atoms with van der Waals surface area (Å²) in [5.41, 5.74) is 2.09. The van der Waals surface area contributed by atoms with Gasteiger partial charge in [-0.05, 0) is 48.2 Å². The van der Waals surface area contributed by atoms with E-state index >= 15 is 0 Å². The summed E-state index contributed by atoms with van der Waals surface area (Å²) in [4.78, 5) is 25.7. The molecule has 0 spiro atoms. The third-order valence-electron chi connectivity index (χ3n) is 4.36. The number of halogens is 1. The molecule has 4 nitrogen and oxygen atoms in total. The molecule has 0 bridgehead atoms. The standard InChI is InChI=1S/C19H18BrNO3/c20-16-8-6-14(7-9-16)17-5-2-10-21(17)18(22)12-13-3-1-4-15(11-13)19(23)24/h1,3-4,6-9,11,17H,2,5,10,12H2,(H,23,24). The topological polar surface area (TPSA) is 57.6 Å². The normalized spacial score (nSPS) is 17.0. The zero-order chi connectivity index (χ0) is 17.1. The van der Waals surface area contributed by atoms with Gasteiger partial charge in [0, 0.05) is 11.0 Å². The van der Waals surface area contributed by atoms with Crippen LogP contribution in [0.3, 0.4) is 0 Å². The van der Waals surface area contributed by atoms with Crippen molar-refractivity contribution in [3.05, 3.63) is 69.7 Å². The summed E-state index contributed by atoms with van der Waals surface area (Å²) in [7, 11) is 0. The van der Waals surface area contributed by atoms with Gasteiger partial charge in [0.25, 0.3) is 0 Å². The number of benzene rings is 2. The van der Waals surface area contributed by atoms with Crippen LogP contribution in [0.1, 0.15) is 40.4 Å². The molecule has 0 aromatic heterocycles. The molecule has 3 rings (SSSR count). The summed E-state index contributed by atoms with van der Waals surface area (Å²) < 4.78 is 1.02. The number of rotatable bonds is 4. The quantitative estimate of drug-likeness (QED) is 0.860. The van der Waals surface area contributed by atoms with Gasteiger partial charge < -0.3 is 10.0 Å². The maximum atomic E-state index is 12.7. The van der Waals surface area contributed by atoms with Crippen LogP contribution in [0.15, 0.2) is 53.0 Å². The van der Waals surface area contributed by atoms with Gasteiger partial charge in [-0.3, -0.25) is 4.79 Å². The number of carboxylic acids is 1. The van der Waals surface area contributed by atoms with Crippen LogP contribution < -0.4 is 0 Å². The second-order valence-corrected chi connectivity index (χ2v) is 6.89. The third-order valence-corrected chi connectivity index (χ3v) is 4.89. The van der Waals surface area contributed by atoms with E-state index in [-0.39, 0.29) is 23.9 Å². The van der Waals surface area contributed by atoms with Crippen molar-refractivity contribution >= 4 is 27.8 Å². The molecule has 1 aliphatic rings. The number of carbonyl (C=O) groups is 2. The summed E-state index contributed by atoms with van der Waals surface area (Å²) in [6, 6.07) is 14.8. The molecule has 1 unspecified atom stereocenters. The van der Waals surface area contributed by atoms with Gasteiger partial charge in [-0.15, -0.1) is 0 Å². The molecule has 2 aromatic rings. The van der Waals surface area contributed by atoms with E-state index in [0.29, 0.717) is 0 Å². The van der Waals surface area contributed by atoms with Crippen molar-refractivity contribution in [3.63, 3.8) is 0 Å². The van der Waals surface area contributed by atoms with Gasteiger partial charge in [0.2, 0.25) is 5.91 Å². The molecule has 1 N–H and O–H groups in total. The molecule has 5 heteroatoms. The Labute approximate surface area is 149 Å². The third kappa shape index (κ3) is 3.67. The highest BCUT2D eigenvalue weighted by Crippen LogP contribution is 2.33. The van der Waals surface area contributed by atoms with Gasteiger partial charge in [0.1, 0.15) is 0 Å². The van der Waals surface area contributed by atoms with Gasteiger partial charge in [-0.2, -0.15) is 0 Å². The number of nitrogens with zero attached hydrogens (tertiary/aromatic N) is 1. The molecule has 1 amide bonds. The van der Waals surface area contributed by atoms with E-state index in [9.17, 15) is 9.59 Å². The van der Waals surface area contributed by atoms with Crippen molar-refractivity contribution in [1.29, 1.82) is 0 Å². The Morgan fingerprint density at radius 1 is 1.17 bits per heavy atom. The Balaban J connectivity index is 1.75. The molecule has 1 fully saturated rings. The van der Waals surface area contributed by atoms with Crippen LogP contribution in [0, 0.1) is 0 Å². The van der Waals surface area contributed by atoms with Crippen molar-refractivity contribution in [2.75, 3.05) is 6.54 Å². The van der Waals surface area contributed by atoms with E-state index < -0.39 is 5.97 Å². The predicted molar refractivity (Wildman–Crippen MR) is 94.9 cm³/mol. The lowest BCUT2D eigenvalue weighted by molar-refractivity contribution is -0.131. The molecule has 1 atom stereocenters. The highest BCUT2D eigenvalue weighted by molar-refractivity contribution is 9.10. The van der Waals surface area contributed by atoms with Gasteiger partial charge in [0.15, 0.2) is 0 Å². The van der Waals surface area contributed by atoms with Crippen LogP contribution in [0.25, 0.3) is 0 Å². The van der Waals surface area contributed by atoms with E-state index in [2.05, 4.69) is 15.9 Å². The number of carbonyl (C=O) groups excluding carboxylic acids is 1. The SMILES string of the molecule is O=C(O)c1cccc(CC(=O)N2CCCC2c2ccc(Br)cc2)c1. The highest BCUT2D eigenvalue weighted by Gasteiger charge is 2.29. The van der Waals surface area contributed by atoms with Crippen molar-refractivity contribution in [3.8, 4) is 0 Å². The Kier molecular flexibility index (Phi) is 5.00. The molecule has 1 aliphatic heterocycles. The van der Waals surface area contributed by atoms with Crippen LogP contribution in [0.4, 0.5) is 0 Å². The van der Waals surface area contributed by atoms with Crippen molar-refractivity contribution in [2.45, 2.75) is 25.3 Å². The van der Waals surface area contributed by atoms with Crippen LogP contribution in [-0.4, -0.2) is 28.4 Å². The summed E-state index contributed by atoms with van der Waals surface area (Å²) >= 11 is 3.43. The maximum absolute atomic E-state index is 12.7. The summed E-state index contributed by atoms with van der Waals surface area (Å²) in [5, 5.41) is 9.07. The molecular formula is C19H18BrNO3. The number of hydrogen-bond acceptors (Lipinski definition) is 2. The van der Waals surface area contributed by atoms with E-state index in [1.165, 1.54) is 6.07 Å². The Morgan fingerprint density at radius 2 is 1.92 bits per heavy atom. The number of amides is 1. The predicted octanol–water partition coefficient (Wildman–Crippen LogP) is 4.05. The minimum absolute atomic E-state index is 0.0444. The minimum Gasteiger partial charge on any atom is -0.478 e. The van der Waals surface area contributed by atoms with E-state index in [1.807, 2.05) is 29.2 Å². The first-order chi connectivity index (χ1) is 11.5. The molecule has 124 valence electrons. The van der Waals surface area contributed by atoms with Gasteiger partial charge in [-0.1, -0.05) is 40.2 Å². The summed E-state index contributed by atoms with van der Waals surface area (Å²) in [6.45, 7) is 0.748. The summed E-state index contributed by atoms with van der Waals surface area (Å²) in [6.07, 6.45) is 2.18. The van der Waals surface area contributed by atoms with E-state index in [4.69, 9.17) is 5.11 Å². The smallest absolute Gasteiger partial charge is 0.335 e. The number of aromatic carboxylic acids is 1. The van der Waals surface area contributed by atoms with Gasteiger partial charge in [-0.25, -0.2) is 4.79 Å². The molecule has 24 heavy (non-hydrogen) atoms. The second-order valence-electron chi connectivity index (χ2n) is 5.98. The van der Waals surface area contributed by atoms with Crippen molar-refractivity contribution in [2.24, 2.45) is 0 Å². The van der Waals surface area contributed by atoms with Gasteiger partial charge in [0.05, 0.1) is 18.0 Å². The number of hydrogen-bond donors (Lipinski definition) is 1. The van der Waals surface area contributed by atoms with Gasteiger partial charge >= 0.3 is 5.97 Å². The fraction of sp³-hybridized carbons (Fsp3) is 0.263. The van der Waals surface area contributed by atoms with Crippen LogP contribution in [-0.2, 0) is 11.2 Å². The minimum atomic E-state index is -0.974. The average Bonchev–Trinajstić information content (AvgIpc) is 3.05. The van der Waals surface area contributed by atoms with Crippen molar-refractivity contribution < 1.29 is 14.7 Å². The lowest BCUT2D eigenvalue weighted by Gasteiger charge is -2.25. The molecule has 1 heterocycles. The Bertz CT molecular complexity index is 757. The van der Waals surface area contributed by atoms with Crippen LogP contribution >= 0.6 is 15.9 Å². The lowest BCUT2D eigenvalue weighted by atomic mass is 10.0. The fourth-order valence-corrected chi connectivity index (χ4v) is 3.45. The first-order valence-corrected chi connectivity index (χ1v) is 8.71. The van der Waals surface area contributed by atoms with Crippen molar-refractivity contribution in [1.82, 2.24) is 4.90 Å². The molecule has 0 saturated carbocycles. The number of carboxylic acid groups (broad SMARTS) is 1. The molecular weight excluding hydrogens is 370 g/mol. The lowest BCUT2D eigenvalue weighted by Crippen LogP contribution is -2.31. The molecule has 2 aromatic carbocycles. The first-order valence-electron chi connectivity index (χ1n) is 7.92. The zero-order valence-electron chi connectivity index (χ0n) is 13.1. The van der Waals surface area contributed by atoms with E-state index in [1.54, 1.807) is 18.2 Å². The average molecular weight is 388 g/mol. The largest absolute Gasteiger partial charge is 0.478 e. The Hall–Kier alpha value is -2.14. The number of likely N-dealkylation sites (tertiary alicyclic amines) is 1. The fourth-order valence-electron chi connectivity index (χ4n) is 3.19. The molecule has 0 radical (unpaired) electrons. The van der Waals surface area contributed by atoms with E-state index in [0.717, 1.165) is 35.0 Å². The van der Waals surface area contributed by atoms with Crippen LogP contribution in [0.2, 0.25) is 0 Å².